The standard InChI is InChI=1S/C6H15N3/c1-3-8-9-6-4-5-7-2/h7H,3-6H2,1-2H3/b9-8+. The molecular weight excluding hydrogens is 114 g/mol. The fourth-order valence-electron chi connectivity index (χ4n) is 0.497. The summed E-state index contributed by atoms with van der Waals surface area (Å²) < 4.78 is 0. The summed E-state index contributed by atoms with van der Waals surface area (Å²) in [6.07, 6.45) is 1.08. The number of nitrogens with one attached hydrogen (secondary N) is 1. The Bertz CT molecular complexity index is 70.7. The largest absolute Gasteiger partial charge is 0.320 e. The normalized spacial score (nSPS) is 10.9. The summed E-state index contributed by atoms with van der Waals surface area (Å²) in [6.45, 7) is 4.68. The number of rotatable bonds is 5. The van der Waals surface area contributed by atoms with Gasteiger partial charge < -0.3 is 5.32 Å². The highest BCUT2D eigenvalue weighted by atomic mass is 15.1. The van der Waals surface area contributed by atoms with Crippen LogP contribution >= 0.6 is 0 Å². The third kappa shape index (κ3) is 7.56. The molecule has 0 fully saturated rings. The molecule has 0 bridgehead atoms. The summed E-state index contributed by atoms with van der Waals surface area (Å²) in [7, 11) is 1.94. The fourth-order valence-corrected chi connectivity index (χ4v) is 0.497. The van der Waals surface area contributed by atoms with Gasteiger partial charge in [0.25, 0.3) is 0 Å². The summed E-state index contributed by atoms with van der Waals surface area (Å²) >= 11 is 0. The predicted octanol–water partition coefficient (Wildman–Crippen LogP) is 1.07. The molecule has 0 saturated heterocycles. The van der Waals surface area contributed by atoms with Gasteiger partial charge in [0.05, 0.1) is 13.1 Å². The van der Waals surface area contributed by atoms with E-state index in [1.165, 1.54) is 0 Å². The molecule has 0 aliphatic carbocycles. The first kappa shape index (κ1) is 8.56. The zero-order valence-electron chi connectivity index (χ0n) is 6.22. The minimum Gasteiger partial charge on any atom is -0.320 e. The molecule has 0 aromatic carbocycles. The van der Waals surface area contributed by atoms with Crippen molar-refractivity contribution < 1.29 is 0 Å². The van der Waals surface area contributed by atoms with E-state index >= 15 is 0 Å². The van der Waals surface area contributed by atoms with Crippen molar-refractivity contribution in [3.05, 3.63) is 0 Å². The first-order valence-corrected chi connectivity index (χ1v) is 3.39. The van der Waals surface area contributed by atoms with Gasteiger partial charge in [0.2, 0.25) is 0 Å². The molecule has 0 atom stereocenters. The summed E-state index contributed by atoms with van der Waals surface area (Å²) in [6, 6.07) is 0. The first-order chi connectivity index (χ1) is 4.41. The van der Waals surface area contributed by atoms with Gasteiger partial charge in [-0.25, -0.2) is 0 Å². The van der Waals surface area contributed by atoms with Crippen LogP contribution in [0.1, 0.15) is 13.3 Å². The topological polar surface area (TPSA) is 36.8 Å². The van der Waals surface area contributed by atoms with E-state index in [1.807, 2.05) is 14.0 Å². The van der Waals surface area contributed by atoms with Gasteiger partial charge in [-0.2, -0.15) is 10.2 Å². The van der Waals surface area contributed by atoms with Gasteiger partial charge in [0, 0.05) is 0 Å². The molecule has 1 N–H and O–H groups in total. The van der Waals surface area contributed by atoms with E-state index in [2.05, 4.69) is 15.5 Å². The quantitative estimate of drug-likeness (QED) is 0.437. The van der Waals surface area contributed by atoms with Crippen molar-refractivity contribution in [1.82, 2.24) is 5.32 Å². The Morgan fingerprint density at radius 2 is 2.11 bits per heavy atom. The second-order valence-electron chi connectivity index (χ2n) is 1.78. The van der Waals surface area contributed by atoms with E-state index in [-0.39, 0.29) is 0 Å². The number of hydrogen-bond donors (Lipinski definition) is 1. The molecule has 3 heteroatoms. The monoisotopic (exact) mass is 129 g/mol. The molecule has 54 valence electrons. The van der Waals surface area contributed by atoms with Gasteiger partial charge >= 0.3 is 0 Å². The lowest BCUT2D eigenvalue weighted by molar-refractivity contribution is 0.711. The van der Waals surface area contributed by atoms with Gasteiger partial charge in [-0.3, -0.25) is 0 Å². The summed E-state index contributed by atoms with van der Waals surface area (Å²) in [5.41, 5.74) is 0. The summed E-state index contributed by atoms with van der Waals surface area (Å²) in [4.78, 5) is 0. The van der Waals surface area contributed by atoms with Crippen molar-refractivity contribution in [2.24, 2.45) is 10.2 Å². The molecule has 0 heterocycles. The second-order valence-corrected chi connectivity index (χ2v) is 1.78. The summed E-state index contributed by atoms with van der Waals surface area (Å²) in [5, 5.41) is 10.8. The van der Waals surface area contributed by atoms with Crippen molar-refractivity contribution in [2.45, 2.75) is 13.3 Å². The molecule has 0 radical (unpaired) electrons. The average Bonchev–Trinajstić information content (AvgIpc) is 1.89. The van der Waals surface area contributed by atoms with Crippen LogP contribution in [0, 0.1) is 0 Å². The van der Waals surface area contributed by atoms with E-state index in [1.54, 1.807) is 0 Å². The average molecular weight is 129 g/mol. The van der Waals surface area contributed by atoms with Gasteiger partial charge in [0.1, 0.15) is 0 Å². The molecular formula is C6H15N3. The lowest BCUT2D eigenvalue weighted by Crippen LogP contribution is -2.08. The van der Waals surface area contributed by atoms with E-state index in [0.717, 1.165) is 26.1 Å². The number of azo groups is 1. The lowest BCUT2D eigenvalue weighted by atomic mass is 10.4. The lowest BCUT2D eigenvalue weighted by Gasteiger charge is -1.91. The smallest absolute Gasteiger partial charge is 0.0610 e. The van der Waals surface area contributed by atoms with E-state index in [9.17, 15) is 0 Å². The van der Waals surface area contributed by atoms with Crippen LogP contribution in [0.4, 0.5) is 0 Å². The molecule has 0 aliphatic heterocycles. The molecule has 0 unspecified atom stereocenters. The maximum absolute atomic E-state index is 3.91. The molecule has 0 aliphatic rings. The van der Waals surface area contributed by atoms with E-state index < -0.39 is 0 Å². The maximum atomic E-state index is 3.91. The van der Waals surface area contributed by atoms with Gasteiger partial charge in [-0.05, 0) is 26.9 Å². The maximum Gasteiger partial charge on any atom is 0.0610 e. The molecule has 0 aromatic rings. The minimum absolute atomic E-state index is 0.805. The van der Waals surface area contributed by atoms with Crippen LogP contribution in [0.5, 0.6) is 0 Å². The van der Waals surface area contributed by atoms with Crippen LogP contribution in [-0.2, 0) is 0 Å². The van der Waals surface area contributed by atoms with Gasteiger partial charge in [-0.1, -0.05) is 0 Å². The third-order valence-electron chi connectivity index (χ3n) is 0.926. The Balaban J connectivity index is 2.82. The third-order valence-corrected chi connectivity index (χ3v) is 0.926. The molecule has 0 rings (SSSR count). The minimum atomic E-state index is 0.805. The van der Waals surface area contributed by atoms with Gasteiger partial charge in [-0.15, -0.1) is 0 Å². The van der Waals surface area contributed by atoms with Crippen molar-refractivity contribution in [2.75, 3.05) is 26.7 Å². The predicted molar refractivity (Wildman–Crippen MR) is 38.8 cm³/mol. The Hall–Kier alpha value is -0.440. The SMILES string of the molecule is CC/N=N/CCCNC. The van der Waals surface area contributed by atoms with Crippen LogP contribution < -0.4 is 5.32 Å². The second kappa shape index (κ2) is 7.56. The highest BCUT2D eigenvalue weighted by molar-refractivity contribution is 4.43. The van der Waals surface area contributed by atoms with Crippen molar-refractivity contribution >= 4 is 0 Å². The molecule has 0 saturated carbocycles. The van der Waals surface area contributed by atoms with Crippen LogP contribution in [-0.4, -0.2) is 26.7 Å². The Morgan fingerprint density at radius 1 is 1.33 bits per heavy atom. The van der Waals surface area contributed by atoms with Gasteiger partial charge in [0.15, 0.2) is 0 Å². The van der Waals surface area contributed by atoms with Crippen LogP contribution in [0.25, 0.3) is 0 Å². The molecule has 3 nitrogen and oxygen atoms in total. The summed E-state index contributed by atoms with van der Waals surface area (Å²) in [5.74, 6) is 0. The number of hydrogen-bond acceptors (Lipinski definition) is 3. The first-order valence-electron chi connectivity index (χ1n) is 3.39. The van der Waals surface area contributed by atoms with Crippen LogP contribution in [0.15, 0.2) is 10.2 Å². The van der Waals surface area contributed by atoms with Crippen LogP contribution in [0.3, 0.4) is 0 Å². The molecule has 0 aromatic heterocycles. The number of nitrogens with zero attached hydrogens (tertiary/aromatic N) is 2. The van der Waals surface area contributed by atoms with Crippen molar-refractivity contribution in [3.8, 4) is 0 Å². The Morgan fingerprint density at radius 3 is 2.67 bits per heavy atom. The molecule has 9 heavy (non-hydrogen) atoms. The highest BCUT2D eigenvalue weighted by Gasteiger charge is 1.79. The van der Waals surface area contributed by atoms with Crippen LogP contribution in [0.2, 0.25) is 0 Å². The Kier molecular flexibility index (Phi) is 7.19. The zero-order valence-corrected chi connectivity index (χ0v) is 6.22. The van der Waals surface area contributed by atoms with E-state index in [0.29, 0.717) is 0 Å². The zero-order chi connectivity index (χ0) is 6.95. The van der Waals surface area contributed by atoms with Crippen molar-refractivity contribution in [1.29, 1.82) is 0 Å². The Labute approximate surface area is 56.6 Å². The molecule has 0 amide bonds. The van der Waals surface area contributed by atoms with E-state index in [4.69, 9.17) is 0 Å². The highest BCUT2D eigenvalue weighted by Crippen LogP contribution is 1.79. The van der Waals surface area contributed by atoms with Crippen molar-refractivity contribution in [3.63, 3.8) is 0 Å². The molecule has 0 spiro atoms. The fraction of sp³-hybridized carbons (Fsp3) is 1.00.